The van der Waals surface area contributed by atoms with Gasteiger partial charge in [-0.2, -0.15) is 0 Å². The molecule has 1 aromatic heterocycles. The molecule has 4 aromatic rings. The molecule has 2 amide bonds. The maximum Gasteiger partial charge on any atom is 0.257 e. The minimum absolute atomic E-state index is 0.00641. The standard InChI is InChI=1S/C26H21F2N3O3/c1-16-6-4-7-17(14-16)30-26(33)18-8-2-3-11-21(18)31-23(32)12-13-24-29-15-22(34-24)25-19(27)9-5-10-20(25)28/h2-11,14-15H,12-13H2,1H3,(H,30,33)(H,31,32). The lowest BCUT2D eigenvalue weighted by Crippen LogP contribution is -2.18. The largest absolute Gasteiger partial charge is 0.441 e. The van der Waals surface area contributed by atoms with Gasteiger partial charge in [-0.1, -0.05) is 30.3 Å². The van der Waals surface area contributed by atoms with Crippen LogP contribution < -0.4 is 10.6 Å². The molecule has 0 saturated heterocycles. The molecule has 0 unspecified atom stereocenters. The van der Waals surface area contributed by atoms with Crippen molar-refractivity contribution in [2.45, 2.75) is 19.8 Å². The summed E-state index contributed by atoms with van der Waals surface area (Å²) in [5.41, 5.74) is 2.02. The van der Waals surface area contributed by atoms with E-state index in [1.807, 2.05) is 25.1 Å². The zero-order chi connectivity index (χ0) is 24.1. The molecule has 172 valence electrons. The highest BCUT2D eigenvalue weighted by molar-refractivity contribution is 6.10. The summed E-state index contributed by atoms with van der Waals surface area (Å²) in [5, 5.41) is 5.55. The Balaban J connectivity index is 1.40. The Labute approximate surface area is 194 Å². The van der Waals surface area contributed by atoms with Crippen LogP contribution in [-0.4, -0.2) is 16.8 Å². The average Bonchev–Trinajstić information content (AvgIpc) is 3.26. The minimum Gasteiger partial charge on any atom is -0.441 e. The van der Waals surface area contributed by atoms with Crippen molar-refractivity contribution < 1.29 is 22.8 Å². The smallest absolute Gasteiger partial charge is 0.257 e. The van der Waals surface area contributed by atoms with Crippen LogP contribution in [0.2, 0.25) is 0 Å². The Hall–Kier alpha value is -4.33. The molecule has 34 heavy (non-hydrogen) atoms. The predicted molar refractivity (Wildman–Crippen MR) is 124 cm³/mol. The van der Waals surface area contributed by atoms with E-state index in [0.717, 1.165) is 17.7 Å². The van der Waals surface area contributed by atoms with E-state index in [4.69, 9.17) is 4.42 Å². The van der Waals surface area contributed by atoms with Crippen LogP contribution >= 0.6 is 0 Å². The topological polar surface area (TPSA) is 84.2 Å². The highest BCUT2D eigenvalue weighted by atomic mass is 19.1. The summed E-state index contributed by atoms with van der Waals surface area (Å²) in [6, 6.07) is 17.6. The Bertz CT molecular complexity index is 1330. The first-order valence-electron chi connectivity index (χ1n) is 10.6. The van der Waals surface area contributed by atoms with E-state index in [-0.39, 0.29) is 41.9 Å². The van der Waals surface area contributed by atoms with Crippen molar-refractivity contribution in [1.29, 1.82) is 0 Å². The Kier molecular flexibility index (Phi) is 6.77. The molecule has 0 aliphatic rings. The number of hydrogen-bond acceptors (Lipinski definition) is 4. The Morgan fingerprint density at radius 2 is 1.68 bits per heavy atom. The number of nitrogens with one attached hydrogen (secondary N) is 2. The number of nitrogens with zero attached hydrogens (tertiary/aromatic N) is 1. The fraction of sp³-hybridized carbons (Fsp3) is 0.115. The molecule has 0 aliphatic heterocycles. The van der Waals surface area contributed by atoms with Gasteiger partial charge in [0.15, 0.2) is 11.7 Å². The number of benzene rings is 3. The van der Waals surface area contributed by atoms with Gasteiger partial charge in [0.05, 0.1) is 23.0 Å². The van der Waals surface area contributed by atoms with Gasteiger partial charge in [-0.25, -0.2) is 13.8 Å². The quantitative estimate of drug-likeness (QED) is 0.367. The molecule has 2 N–H and O–H groups in total. The second-order valence-electron chi connectivity index (χ2n) is 7.63. The third kappa shape index (κ3) is 5.35. The molecule has 0 fully saturated rings. The third-order valence-corrected chi connectivity index (χ3v) is 5.05. The highest BCUT2D eigenvalue weighted by Crippen LogP contribution is 2.27. The third-order valence-electron chi connectivity index (χ3n) is 5.05. The lowest BCUT2D eigenvalue weighted by atomic mass is 10.1. The molecule has 0 atom stereocenters. The molecular weight excluding hydrogens is 440 g/mol. The van der Waals surface area contributed by atoms with Crippen molar-refractivity contribution in [2.75, 3.05) is 10.6 Å². The van der Waals surface area contributed by atoms with Gasteiger partial charge in [-0.3, -0.25) is 9.59 Å². The number of hydrogen-bond donors (Lipinski definition) is 2. The monoisotopic (exact) mass is 461 g/mol. The molecule has 1 heterocycles. The SMILES string of the molecule is Cc1cccc(NC(=O)c2ccccc2NC(=O)CCc2ncc(-c3c(F)cccc3F)o2)c1. The molecule has 0 bridgehead atoms. The van der Waals surface area contributed by atoms with Crippen LogP contribution in [0.1, 0.15) is 28.2 Å². The lowest BCUT2D eigenvalue weighted by molar-refractivity contribution is -0.116. The van der Waals surface area contributed by atoms with Crippen LogP contribution in [0.4, 0.5) is 20.2 Å². The molecular formula is C26H21F2N3O3. The molecule has 0 radical (unpaired) electrons. The second-order valence-corrected chi connectivity index (χ2v) is 7.63. The Morgan fingerprint density at radius 1 is 0.941 bits per heavy atom. The fourth-order valence-corrected chi connectivity index (χ4v) is 3.42. The van der Waals surface area contributed by atoms with E-state index >= 15 is 0 Å². The number of carbonyl (C=O) groups is 2. The summed E-state index contributed by atoms with van der Waals surface area (Å²) in [7, 11) is 0. The van der Waals surface area contributed by atoms with Gasteiger partial charge in [0.1, 0.15) is 11.6 Å². The number of anilines is 2. The maximum absolute atomic E-state index is 13.9. The summed E-state index contributed by atoms with van der Waals surface area (Å²) >= 11 is 0. The lowest BCUT2D eigenvalue weighted by Gasteiger charge is -2.11. The number of oxazole rings is 1. The van der Waals surface area contributed by atoms with Crippen molar-refractivity contribution in [2.24, 2.45) is 0 Å². The van der Waals surface area contributed by atoms with Gasteiger partial charge >= 0.3 is 0 Å². The van der Waals surface area contributed by atoms with Gasteiger partial charge in [-0.15, -0.1) is 0 Å². The van der Waals surface area contributed by atoms with Crippen LogP contribution in [-0.2, 0) is 11.2 Å². The summed E-state index contributed by atoms with van der Waals surface area (Å²) < 4.78 is 33.3. The first kappa shape index (κ1) is 22.8. The van der Waals surface area contributed by atoms with E-state index in [9.17, 15) is 18.4 Å². The second kappa shape index (κ2) is 10.1. The van der Waals surface area contributed by atoms with Crippen LogP contribution in [0.3, 0.4) is 0 Å². The normalized spacial score (nSPS) is 10.7. The van der Waals surface area contributed by atoms with Crippen molar-refractivity contribution in [3.8, 4) is 11.3 Å². The van der Waals surface area contributed by atoms with Crippen molar-refractivity contribution in [1.82, 2.24) is 4.98 Å². The van der Waals surface area contributed by atoms with Crippen molar-refractivity contribution in [3.63, 3.8) is 0 Å². The number of halogens is 2. The van der Waals surface area contributed by atoms with Crippen LogP contribution in [0.25, 0.3) is 11.3 Å². The van der Waals surface area contributed by atoms with Gasteiger partial charge in [0.2, 0.25) is 5.91 Å². The minimum atomic E-state index is -0.763. The van der Waals surface area contributed by atoms with Gasteiger partial charge in [-0.05, 0) is 48.9 Å². The molecule has 0 aliphatic carbocycles. The molecule has 0 saturated carbocycles. The first-order valence-corrected chi connectivity index (χ1v) is 10.6. The van der Waals surface area contributed by atoms with Crippen LogP contribution in [0.15, 0.2) is 77.3 Å². The van der Waals surface area contributed by atoms with Crippen molar-refractivity contribution in [3.05, 3.63) is 102 Å². The summed E-state index contributed by atoms with van der Waals surface area (Å²) in [5.74, 6) is -2.14. The van der Waals surface area contributed by atoms with Gasteiger partial charge in [0.25, 0.3) is 5.91 Å². The number of aryl methyl sites for hydroxylation is 2. The molecule has 3 aromatic carbocycles. The van der Waals surface area contributed by atoms with Gasteiger partial charge in [0, 0.05) is 18.5 Å². The number of aromatic nitrogens is 1. The van der Waals surface area contributed by atoms with Crippen LogP contribution in [0, 0.1) is 18.6 Å². The van der Waals surface area contributed by atoms with Crippen LogP contribution in [0.5, 0.6) is 0 Å². The number of rotatable bonds is 7. The number of amides is 2. The number of para-hydroxylation sites is 1. The zero-order valence-electron chi connectivity index (χ0n) is 18.3. The Morgan fingerprint density at radius 3 is 2.44 bits per heavy atom. The van der Waals surface area contributed by atoms with E-state index < -0.39 is 11.6 Å². The summed E-state index contributed by atoms with van der Waals surface area (Å²) in [4.78, 5) is 29.3. The molecule has 4 rings (SSSR count). The zero-order valence-corrected chi connectivity index (χ0v) is 18.3. The fourth-order valence-electron chi connectivity index (χ4n) is 3.42. The molecule has 0 spiro atoms. The molecule has 6 nitrogen and oxygen atoms in total. The first-order chi connectivity index (χ1) is 16.4. The van der Waals surface area contributed by atoms with E-state index in [1.165, 1.54) is 12.3 Å². The van der Waals surface area contributed by atoms with E-state index in [1.54, 1.807) is 30.3 Å². The molecule has 8 heteroatoms. The number of carbonyl (C=O) groups excluding carboxylic acids is 2. The van der Waals surface area contributed by atoms with Crippen molar-refractivity contribution >= 4 is 23.2 Å². The van der Waals surface area contributed by atoms with Gasteiger partial charge < -0.3 is 15.1 Å². The summed E-state index contributed by atoms with van der Waals surface area (Å²) in [6.07, 6.45) is 1.33. The van der Waals surface area contributed by atoms with E-state index in [0.29, 0.717) is 16.9 Å². The predicted octanol–water partition coefficient (Wildman–Crippen LogP) is 5.75. The summed E-state index contributed by atoms with van der Waals surface area (Å²) in [6.45, 7) is 1.92. The maximum atomic E-state index is 13.9. The average molecular weight is 461 g/mol. The highest BCUT2D eigenvalue weighted by Gasteiger charge is 2.17. The van der Waals surface area contributed by atoms with E-state index in [2.05, 4.69) is 15.6 Å².